The van der Waals surface area contributed by atoms with Gasteiger partial charge in [0.15, 0.2) is 5.96 Å². The zero-order valence-electron chi connectivity index (χ0n) is 19.0. The van der Waals surface area contributed by atoms with Gasteiger partial charge in [-0.1, -0.05) is 24.3 Å². The average molecular weight is 446 g/mol. The molecule has 8 heteroatoms. The molecule has 1 amide bonds. The molecule has 1 saturated heterocycles. The van der Waals surface area contributed by atoms with Gasteiger partial charge in [0.25, 0.3) is 0 Å². The molecule has 0 radical (unpaired) electrons. The number of aliphatic imine (C=N–C) groups is 1. The van der Waals surface area contributed by atoms with Crippen LogP contribution in [0.4, 0.5) is 5.69 Å². The number of hydrogen-bond acceptors (Lipinski definition) is 4. The highest BCUT2D eigenvalue weighted by molar-refractivity contribution is 5.82. The molecule has 1 fully saturated rings. The van der Waals surface area contributed by atoms with E-state index >= 15 is 0 Å². The van der Waals surface area contributed by atoms with E-state index in [9.17, 15) is 4.79 Å². The Hall–Kier alpha value is -3.81. The fourth-order valence-electron chi connectivity index (χ4n) is 3.75. The summed E-state index contributed by atoms with van der Waals surface area (Å²) in [4.78, 5) is 18.4. The van der Waals surface area contributed by atoms with E-state index in [1.807, 2.05) is 16.9 Å². The van der Waals surface area contributed by atoms with Crippen LogP contribution in [0.1, 0.15) is 18.1 Å². The van der Waals surface area contributed by atoms with E-state index in [-0.39, 0.29) is 5.91 Å². The second-order valence-electron chi connectivity index (χ2n) is 7.93. The quantitative estimate of drug-likeness (QED) is 0.365. The smallest absolute Gasteiger partial charge is 0.239 e. The number of amides is 1. The lowest BCUT2D eigenvalue weighted by atomic mass is 10.1. The van der Waals surface area contributed by atoms with Crippen LogP contribution in [-0.2, 0) is 17.8 Å². The van der Waals surface area contributed by atoms with Gasteiger partial charge in [0.1, 0.15) is 0 Å². The number of guanidine groups is 1. The molecule has 0 aliphatic carbocycles. The fourth-order valence-corrected chi connectivity index (χ4v) is 3.75. The standard InChI is InChI=1S/C25H31N7O/c1-2-26-25(28-14-12-20-4-10-23(11-5-20)32-16-3-13-30-32)29-18-21-6-8-22(9-7-21)31-17-15-27-24(33)19-31/h3-11,13,16H,2,12,14-15,17-19H2,1H3,(H,27,33)(H2,26,28,29). The van der Waals surface area contributed by atoms with E-state index < -0.39 is 0 Å². The van der Waals surface area contributed by atoms with Crippen molar-refractivity contribution in [2.24, 2.45) is 4.99 Å². The third kappa shape index (κ3) is 6.35. The molecule has 4 rings (SSSR count). The number of benzene rings is 2. The lowest BCUT2D eigenvalue weighted by Gasteiger charge is -2.28. The molecule has 172 valence electrons. The molecule has 1 aromatic heterocycles. The first kappa shape index (κ1) is 22.4. The van der Waals surface area contributed by atoms with Crippen molar-refractivity contribution < 1.29 is 4.79 Å². The Kier molecular flexibility index (Phi) is 7.58. The van der Waals surface area contributed by atoms with Gasteiger partial charge in [-0.25, -0.2) is 9.67 Å². The molecule has 0 bridgehead atoms. The number of anilines is 1. The van der Waals surface area contributed by atoms with E-state index in [1.54, 1.807) is 6.20 Å². The summed E-state index contributed by atoms with van der Waals surface area (Å²) in [5.41, 5.74) is 4.52. The topological polar surface area (TPSA) is 86.6 Å². The van der Waals surface area contributed by atoms with Crippen LogP contribution in [0.15, 0.2) is 72.0 Å². The Morgan fingerprint density at radius 3 is 2.52 bits per heavy atom. The Balaban J connectivity index is 1.28. The van der Waals surface area contributed by atoms with Gasteiger partial charge >= 0.3 is 0 Å². The summed E-state index contributed by atoms with van der Waals surface area (Å²) in [5.74, 6) is 0.882. The van der Waals surface area contributed by atoms with E-state index in [2.05, 4.69) is 81.4 Å². The van der Waals surface area contributed by atoms with E-state index in [0.29, 0.717) is 19.6 Å². The maximum atomic E-state index is 11.6. The third-order valence-electron chi connectivity index (χ3n) is 5.52. The molecular weight excluding hydrogens is 414 g/mol. The summed E-state index contributed by atoms with van der Waals surface area (Å²) in [6, 6.07) is 18.7. The molecule has 2 heterocycles. The number of carbonyl (C=O) groups excluding carboxylic acids is 1. The van der Waals surface area contributed by atoms with Gasteiger partial charge in [-0.05, 0) is 54.8 Å². The van der Waals surface area contributed by atoms with Crippen LogP contribution in [0, 0.1) is 0 Å². The summed E-state index contributed by atoms with van der Waals surface area (Å²) >= 11 is 0. The minimum Gasteiger partial charge on any atom is -0.360 e. The SMILES string of the molecule is CCNC(=NCc1ccc(N2CCNC(=O)C2)cc1)NCCc1ccc(-n2cccn2)cc1. The van der Waals surface area contributed by atoms with E-state index in [4.69, 9.17) is 4.99 Å². The summed E-state index contributed by atoms with van der Waals surface area (Å²) in [7, 11) is 0. The van der Waals surface area contributed by atoms with Crippen molar-refractivity contribution in [2.75, 3.05) is 37.6 Å². The van der Waals surface area contributed by atoms with Gasteiger partial charge in [0.05, 0.1) is 18.8 Å². The number of nitrogens with zero attached hydrogens (tertiary/aromatic N) is 4. The molecule has 8 nitrogen and oxygen atoms in total. The number of carbonyl (C=O) groups is 1. The number of hydrogen-bond donors (Lipinski definition) is 3. The molecule has 0 spiro atoms. The molecule has 0 atom stereocenters. The van der Waals surface area contributed by atoms with Crippen LogP contribution < -0.4 is 20.9 Å². The molecule has 1 aliphatic rings. The third-order valence-corrected chi connectivity index (χ3v) is 5.52. The molecule has 33 heavy (non-hydrogen) atoms. The van der Waals surface area contributed by atoms with Crippen molar-refractivity contribution in [3.63, 3.8) is 0 Å². The molecule has 2 aromatic carbocycles. The molecule has 0 unspecified atom stereocenters. The second kappa shape index (κ2) is 11.2. The van der Waals surface area contributed by atoms with E-state index in [0.717, 1.165) is 49.0 Å². The number of piperazine rings is 1. The molecular formula is C25H31N7O. The highest BCUT2D eigenvalue weighted by Crippen LogP contribution is 2.16. The molecule has 1 aliphatic heterocycles. The van der Waals surface area contributed by atoms with Crippen LogP contribution >= 0.6 is 0 Å². The Morgan fingerprint density at radius 1 is 1.06 bits per heavy atom. The minimum absolute atomic E-state index is 0.0742. The first-order valence-corrected chi connectivity index (χ1v) is 11.4. The van der Waals surface area contributed by atoms with Crippen molar-refractivity contribution >= 4 is 17.6 Å². The predicted molar refractivity (Wildman–Crippen MR) is 132 cm³/mol. The van der Waals surface area contributed by atoms with Crippen LogP contribution in [-0.4, -0.2) is 54.4 Å². The molecule has 3 N–H and O–H groups in total. The normalized spacial score (nSPS) is 14.2. The van der Waals surface area contributed by atoms with E-state index in [1.165, 1.54) is 5.56 Å². The Labute approximate surface area is 194 Å². The minimum atomic E-state index is 0.0742. The molecule has 0 saturated carbocycles. The van der Waals surface area contributed by atoms with Crippen molar-refractivity contribution in [1.82, 2.24) is 25.7 Å². The Bertz CT molecular complexity index is 1040. The Morgan fingerprint density at radius 2 is 1.82 bits per heavy atom. The maximum absolute atomic E-state index is 11.6. The molecule has 3 aromatic rings. The van der Waals surface area contributed by atoms with Crippen molar-refractivity contribution in [3.8, 4) is 5.69 Å². The average Bonchev–Trinajstić information content (AvgIpc) is 3.38. The first-order chi connectivity index (χ1) is 16.2. The van der Waals surface area contributed by atoms with Crippen LogP contribution in [0.25, 0.3) is 5.69 Å². The van der Waals surface area contributed by atoms with Gasteiger partial charge in [-0.2, -0.15) is 5.10 Å². The van der Waals surface area contributed by atoms with Crippen molar-refractivity contribution in [2.45, 2.75) is 19.9 Å². The van der Waals surface area contributed by atoms with Gasteiger partial charge in [0, 0.05) is 44.3 Å². The van der Waals surface area contributed by atoms with Gasteiger partial charge in [-0.15, -0.1) is 0 Å². The number of aromatic nitrogens is 2. The monoisotopic (exact) mass is 445 g/mol. The van der Waals surface area contributed by atoms with Crippen molar-refractivity contribution in [1.29, 1.82) is 0 Å². The lowest BCUT2D eigenvalue weighted by molar-refractivity contribution is -0.120. The zero-order chi connectivity index (χ0) is 22.9. The van der Waals surface area contributed by atoms with Crippen LogP contribution in [0.3, 0.4) is 0 Å². The number of rotatable bonds is 8. The highest BCUT2D eigenvalue weighted by Gasteiger charge is 2.16. The summed E-state index contributed by atoms with van der Waals surface area (Å²) in [6.07, 6.45) is 4.62. The summed E-state index contributed by atoms with van der Waals surface area (Å²) in [5, 5.41) is 13.8. The van der Waals surface area contributed by atoms with Crippen molar-refractivity contribution in [3.05, 3.63) is 78.1 Å². The van der Waals surface area contributed by atoms with Gasteiger partial charge < -0.3 is 20.9 Å². The van der Waals surface area contributed by atoms with Crippen LogP contribution in [0.5, 0.6) is 0 Å². The lowest BCUT2D eigenvalue weighted by Crippen LogP contribution is -2.47. The van der Waals surface area contributed by atoms with Gasteiger partial charge in [-0.3, -0.25) is 4.79 Å². The predicted octanol–water partition coefficient (Wildman–Crippen LogP) is 2.11. The highest BCUT2D eigenvalue weighted by atomic mass is 16.2. The van der Waals surface area contributed by atoms with Crippen LogP contribution in [0.2, 0.25) is 0 Å². The second-order valence-corrected chi connectivity index (χ2v) is 7.93. The largest absolute Gasteiger partial charge is 0.360 e. The summed E-state index contributed by atoms with van der Waals surface area (Å²) < 4.78 is 1.85. The summed E-state index contributed by atoms with van der Waals surface area (Å²) in [6.45, 7) is 6.20. The number of nitrogens with one attached hydrogen (secondary N) is 3. The van der Waals surface area contributed by atoms with Gasteiger partial charge in [0.2, 0.25) is 5.91 Å². The maximum Gasteiger partial charge on any atom is 0.239 e. The first-order valence-electron chi connectivity index (χ1n) is 11.4. The zero-order valence-corrected chi connectivity index (χ0v) is 19.0. The fraction of sp³-hybridized carbons (Fsp3) is 0.320.